The summed E-state index contributed by atoms with van der Waals surface area (Å²) in [5, 5.41) is 7.22. The van der Waals surface area contributed by atoms with Gasteiger partial charge < -0.3 is 10.6 Å². The molecule has 2 bridgehead atoms. The third kappa shape index (κ3) is 3.98. The van der Waals surface area contributed by atoms with Crippen LogP contribution in [0.25, 0.3) is 27.5 Å². The first-order valence-corrected chi connectivity index (χ1v) is 14.9. The van der Waals surface area contributed by atoms with Gasteiger partial charge in [0.05, 0.1) is 17.6 Å². The molecular formula is C25H27N7O3S2. The third-order valence-electron chi connectivity index (χ3n) is 7.43. The lowest BCUT2D eigenvalue weighted by atomic mass is 9.87. The maximum absolute atomic E-state index is 12.9. The molecule has 1 unspecified atom stereocenters. The summed E-state index contributed by atoms with van der Waals surface area (Å²) >= 11 is 1.54. The Morgan fingerprint density at radius 3 is 2.43 bits per heavy atom. The predicted octanol–water partition coefficient (Wildman–Crippen LogP) is 3.47. The molecule has 0 radical (unpaired) electrons. The van der Waals surface area contributed by atoms with Gasteiger partial charge in [-0.05, 0) is 38.7 Å². The van der Waals surface area contributed by atoms with Crippen molar-refractivity contribution < 1.29 is 13.2 Å². The van der Waals surface area contributed by atoms with Crippen molar-refractivity contribution >= 4 is 38.5 Å². The highest BCUT2D eigenvalue weighted by molar-refractivity contribution is 7.91. The maximum Gasteiger partial charge on any atom is 0.219 e. The Balaban J connectivity index is 1.45. The minimum absolute atomic E-state index is 0.0305. The molecule has 12 heteroatoms. The van der Waals surface area contributed by atoms with Gasteiger partial charge in [0.2, 0.25) is 5.91 Å². The van der Waals surface area contributed by atoms with E-state index in [-0.39, 0.29) is 34.6 Å². The monoisotopic (exact) mass is 537 g/mol. The average Bonchev–Trinajstić information content (AvgIpc) is 3.54. The van der Waals surface area contributed by atoms with Gasteiger partial charge in [0.15, 0.2) is 15.5 Å². The highest BCUT2D eigenvalue weighted by Gasteiger charge is 2.44. The zero-order valence-corrected chi connectivity index (χ0v) is 22.4. The van der Waals surface area contributed by atoms with E-state index in [0.717, 1.165) is 41.1 Å². The number of nitrogens with zero attached hydrogens (tertiary/aromatic N) is 6. The van der Waals surface area contributed by atoms with E-state index in [1.807, 2.05) is 29.3 Å². The normalized spacial score (nSPS) is 21.6. The number of nitrogens with two attached hydrogens (primary N) is 1. The number of anilines is 1. The number of rotatable bonds is 4. The van der Waals surface area contributed by atoms with Gasteiger partial charge in [0, 0.05) is 59.6 Å². The molecule has 0 spiro atoms. The number of piperidine rings is 1. The van der Waals surface area contributed by atoms with E-state index in [4.69, 9.17) is 10.7 Å². The van der Waals surface area contributed by atoms with Crippen LogP contribution in [0, 0.1) is 6.92 Å². The number of hydrogen-bond acceptors (Lipinski definition) is 9. The fourth-order valence-corrected chi connectivity index (χ4v) is 7.78. The molecule has 2 saturated heterocycles. The minimum atomic E-state index is -3.69. The number of hydrogen-bond donors (Lipinski definition) is 1. The fourth-order valence-electron chi connectivity index (χ4n) is 5.94. The van der Waals surface area contributed by atoms with Gasteiger partial charge in [0.25, 0.3) is 0 Å². The number of sulfone groups is 1. The largest absolute Gasteiger partial charge is 0.382 e. The number of thiazole rings is 1. The van der Waals surface area contributed by atoms with Crippen molar-refractivity contribution in [3.63, 3.8) is 0 Å². The van der Waals surface area contributed by atoms with Crippen LogP contribution in [-0.2, 0) is 14.6 Å². The van der Waals surface area contributed by atoms with E-state index in [0.29, 0.717) is 29.7 Å². The molecule has 4 aromatic rings. The van der Waals surface area contributed by atoms with Crippen molar-refractivity contribution in [2.75, 3.05) is 12.0 Å². The molecule has 0 saturated carbocycles. The Labute approximate surface area is 218 Å². The first kappa shape index (κ1) is 24.0. The van der Waals surface area contributed by atoms with Gasteiger partial charge in [-0.2, -0.15) is 9.61 Å². The molecule has 2 N–H and O–H groups in total. The molecule has 0 aromatic carbocycles. The summed E-state index contributed by atoms with van der Waals surface area (Å²) in [6.07, 6.45) is 7.70. The number of aromatic nitrogens is 5. The molecule has 4 aromatic heterocycles. The Morgan fingerprint density at radius 2 is 1.86 bits per heavy atom. The standard InChI is InChI=1S/C25H27N7O3S2/c1-13-12-36-25(29-13)20-7-4-15(10-27-20)19-11-28-32-23(26)22(37(3,34)35)21(30-24(19)32)16-8-17-5-6-18(9-16)31(17)14(2)33/h4,7,10-12,16-18H,5-6,8-9,26H2,1-3H3/t16?,17-,18+. The van der Waals surface area contributed by atoms with Gasteiger partial charge in [0.1, 0.15) is 15.7 Å². The average molecular weight is 538 g/mol. The summed E-state index contributed by atoms with van der Waals surface area (Å²) < 4.78 is 27.2. The Kier molecular flexibility index (Phi) is 5.57. The molecule has 6 rings (SSSR count). The van der Waals surface area contributed by atoms with Crippen LogP contribution in [0.1, 0.15) is 49.9 Å². The van der Waals surface area contributed by atoms with Crippen molar-refractivity contribution in [2.45, 2.75) is 62.4 Å². The lowest BCUT2D eigenvalue weighted by molar-refractivity contribution is -0.133. The van der Waals surface area contributed by atoms with E-state index < -0.39 is 9.84 Å². The fraction of sp³-hybridized carbons (Fsp3) is 0.400. The molecule has 0 aliphatic carbocycles. The van der Waals surface area contributed by atoms with Gasteiger partial charge in [-0.1, -0.05) is 6.07 Å². The summed E-state index contributed by atoms with van der Waals surface area (Å²) in [6.45, 7) is 3.55. The van der Waals surface area contributed by atoms with E-state index in [1.165, 1.54) is 15.9 Å². The van der Waals surface area contributed by atoms with Gasteiger partial charge in [-0.25, -0.2) is 18.4 Å². The van der Waals surface area contributed by atoms with Crippen molar-refractivity contribution in [2.24, 2.45) is 0 Å². The van der Waals surface area contributed by atoms with Gasteiger partial charge >= 0.3 is 0 Å². The van der Waals surface area contributed by atoms with E-state index >= 15 is 0 Å². The third-order valence-corrected chi connectivity index (χ3v) is 9.57. The first-order chi connectivity index (χ1) is 17.6. The quantitative estimate of drug-likeness (QED) is 0.418. The molecule has 2 aliphatic rings. The number of amides is 1. The van der Waals surface area contributed by atoms with Crippen LogP contribution in [-0.4, -0.2) is 62.1 Å². The van der Waals surface area contributed by atoms with Gasteiger partial charge in [-0.15, -0.1) is 11.3 Å². The molecule has 2 aliphatic heterocycles. The molecule has 1 amide bonds. The summed E-state index contributed by atoms with van der Waals surface area (Å²) in [4.78, 5) is 28.2. The van der Waals surface area contributed by atoms with Crippen molar-refractivity contribution in [1.82, 2.24) is 29.5 Å². The molecule has 192 valence electrons. The topological polar surface area (TPSA) is 136 Å². The number of pyridine rings is 1. The zero-order valence-electron chi connectivity index (χ0n) is 20.7. The van der Waals surface area contributed by atoms with Crippen LogP contribution < -0.4 is 5.73 Å². The zero-order chi connectivity index (χ0) is 26.1. The van der Waals surface area contributed by atoms with Crippen LogP contribution in [0.5, 0.6) is 0 Å². The molecule has 10 nitrogen and oxygen atoms in total. The number of carbonyl (C=O) groups excluding carboxylic acids is 1. The lowest BCUT2D eigenvalue weighted by Gasteiger charge is -2.38. The molecular weight excluding hydrogens is 510 g/mol. The Morgan fingerprint density at radius 1 is 1.14 bits per heavy atom. The van der Waals surface area contributed by atoms with Gasteiger partial charge in [-0.3, -0.25) is 9.78 Å². The van der Waals surface area contributed by atoms with Crippen molar-refractivity contribution in [1.29, 1.82) is 0 Å². The smallest absolute Gasteiger partial charge is 0.219 e. The van der Waals surface area contributed by atoms with E-state index in [9.17, 15) is 13.2 Å². The molecule has 3 atom stereocenters. The number of aryl methyl sites for hydroxylation is 1. The molecule has 6 heterocycles. The SMILES string of the molecule is CC(=O)N1[C@@H]2CC[C@H]1CC(c1nc3c(-c4ccc(-c5nc(C)cs5)nc4)cnn3c(N)c1S(C)(=O)=O)C2. The Bertz CT molecular complexity index is 1630. The second-order valence-corrected chi connectivity index (χ2v) is 12.8. The molecule has 2 fully saturated rings. The summed E-state index contributed by atoms with van der Waals surface area (Å²) in [6, 6.07) is 4.01. The van der Waals surface area contributed by atoms with Crippen LogP contribution in [0.15, 0.2) is 34.8 Å². The van der Waals surface area contributed by atoms with Crippen LogP contribution >= 0.6 is 11.3 Å². The van der Waals surface area contributed by atoms with Crippen molar-refractivity contribution in [3.8, 4) is 21.8 Å². The summed E-state index contributed by atoms with van der Waals surface area (Å²) in [5.74, 6) is -0.00130. The van der Waals surface area contributed by atoms with Crippen molar-refractivity contribution in [3.05, 3.63) is 41.3 Å². The summed E-state index contributed by atoms with van der Waals surface area (Å²) in [7, 11) is -3.69. The van der Waals surface area contributed by atoms with E-state index in [1.54, 1.807) is 19.3 Å². The first-order valence-electron chi connectivity index (χ1n) is 12.2. The number of carbonyl (C=O) groups is 1. The highest BCUT2D eigenvalue weighted by Crippen LogP contribution is 2.45. The summed E-state index contributed by atoms with van der Waals surface area (Å²) in [5.41, 5.74) is 10.7. The van der Waals surface area contributed by atoms with Crippen LogP contribution in [0.3, 0.4) is 0 Å². The minimum Gasteiger partial charge on any atom is -0.382 e. The van der Waals surface area contributed by atoms with Crippen LogP contribution in [0.2, 0.25) is 0 Å². The second kappa shape index (κ2) is 8.59. The van der Waals surface area contributed by atoms with E-state index in [2.05, 4.69) is 15.1 Å². The predicted molar refractivity (Wildman–Crippen MR) is 141 cm³/mol. The van der Waals surface area contributed by atoms with Crippen LogP contribution in [0.4, 0.5) is 5.82 Å². The lowest BCUT2D eigenvalue weighted by Crippen LogP contribution is -2.45. The Hall–Kier alpha value is -3.38. The maximum atomic E-state index is 12.9. The molecule has 37 heavy (non-hydrogen) atoms. The number of fused-ring (bicyclic) bond motifs is 3. The number of nitrogen functional groups attached to an aromatic ring is 1. The highest BCUT2D eigenvalue weighted by atomic mass is 32.2. The second-order valence-electron chi connectivity index (χ2n) is 9.98.